The van der Waals surface area contributed by atoms with E-state index < -0.39 is 0 Å². The zero-order valence-corrected chi connectivity index (χ0v) is 20.5. The van der Waals surface area contributed by atoms with E-state index >= 15 is 0 Å². The fourth-order valence-electron chi connectivity index (χ4n) is 5.00. The van der Waals surface area contributed by atoms with Crippen LogP contribution in [-0.2, 0) is 0 Å². The smallest absolute Gasteiger partial charge is 0.275 e. The molecule has 0 unspecified atom stereocenters. The Bertz CT molecular complexity index is 1340. The Kier molecular flexibility index (Phi) is 5.91. The van der Waals surface area contributed by atoms with Crippen LogP contribution in [0.1, 0.15) is 42.2 Å². The summed E-state index contributed by atoms with van der Waals surface area (Å²) in [6.45, 7) is 2.90. The van der Waals surface area contributed by atoms with Gasteiger partial charge in [0.2, 0.25) is 0 Å². The molecule has 180 valence electrons. The van der Waals surface area contributed by atoms with Gasteiger partial charge in [-0.25, -0.2) is 4.98 Å². The SMILES string of the molecule is CNC[C@@H]1CCCN(c2c(NC(=O)c3csc(-c4ccnnc4)n3)ccc3c2cnn3C2CC2)C1. The van der Waals surface area contributed by atoms with Crippen LogP contribution in [-0.4, -0.2) is 57.6 Å². The fraction of sp³-hybridized carbons (Fsp3) is 0.400. The number of benzene rings is 1. The summed E-state index contributed by atoms with van der Waals surface area (Å²) < 4.78 is 2.15. The number of nitrogens with one attached hydrogen (secondary N) is 2. The van der Waals surface area contributed by atoms with Gasteiger partial charge in [-0.2, -0.15) is 15.3 Å². The minimum Gasteiger partial charge on any atom is -0.369 e. The number of hydrogen-bond acceptors (Lipinski definition) is 8. The maximum atomic E-state index is 13.3. The number of rotatable bonds is 7. The molecule has 1 aliphatic heterocycles. The minimum atomic E-state index is -0.214. The lowest BCUT2D eigenvalue weighted by Crippen LogP contribution is -2.39. The summed E-state index contributed by atoms with van der Waals surface area (Å²) in [6.07, 6.45) is 9.94. The van der Waals surface area contributed by atoms with E-state index in [0.717, 1.165) is 58.9 Å². The molecule has 0 radical (unpaired) electrons. The van der Waals surface area contributed by atoms with E-state index in [2.05, 4.69) is 41.5 Å². The van der Waals surface area contributed by atoms with E-state index in [1.54, 1.807) is 17.8 Å². The molecule has 2 fully saturated rings. The van der Waals surface area contributed by atoms with Crippen molar-refractivity contribution >= 4 is 39.5 Å². The Balaban J connectivity index is 1.34. The lowest BCUT2D eigenvalue weighted by Gasteiger charge is -2.36. The highest BCUT2D eigenvalue weighted by Crippen LogP contribution is 2.42. The van der Waals surface area contributed by atoms with E-state index in [0.29, 0.717) is 17.7 Å². The summed E-state index contributed by atoms with van der Waals surface area (Å²) in [4.78, 5) is 20.3. The average Bonchev–Trinajstić information content (AvgIpc) is 3.44. The van der Waals surface area contributed by atoms with Gasteiger partial charge in [-0.1, -0.05) is 0 Å². The number of thiazole rings is 1. The summed E-state index contributed by atoms with van der Waals surface area (Å²) in [5, 5.41) is 22.6. The van der Waals surface area contributed by atoms with E-state index in [9.17, 15) is 4.79 Å². The van der Waals surface area contributed by atoms with E-state index in [1.165, 1.54) is 30.6 Å². The Morgan fingerprint density at radius 2 is 2.09 bits per heavy atom. The van der Waals surface area contributed by atoms with Crippen LogP contribution in [0, 0.1) is 5.92 Å². The highest BCUT2D eigenvalue weighted by Gasteiger charge is 2.29. The van der Waals surface area contributed by atoms with Gasteiger partial charge in [0, 0.05) is 29.4 Å². The van der Waals surface area contributed by atoms with Gasteiger partial charge >= 0.3 is 0 Å². The molecule has 10 heteroatoms. The van der Waals surface area contributed by atoms with Crippen LogP contribution < -0.4 is 15.5 Å². The van der Waals surface area contributed by atoms with Gasteiger partial charge < -0.3 is 15.5 Å². The van der Waals surface area contributed by atoms with Crippen molar-refractivity contribution in [2.24, 2.45) is 5.92 Å². The first kappa shape index (κ1) is 22.1. The molecule has 0 bridgehead atoms. The highest BCUT2D eigenvalue weighted by atomic mass is 32.1. The van der Waals surface area contributed by atoms with Gasteiger partial charge in [0.25, 0.3) is 5.91 Å². The van der Waals surface area contributed by atoms with Gasteiger partial charge in [0.15, 0.2) is 0 Å². The zero-order chi connectivity index (χ0) is 23.8. The highest BCUT2D eigenvalue weighted by molar-refractivity contribution is 7.13. The molecule has 2 N–H and O–H groups in total. The van der Waals surface area contributed by atoms with Crippen molar-refractivity contribution in [3.05, 3.63) is 47.9 Å². The molecule has 1 amide bonds. The first-order valence-corrected chi connectivity index (χ1v) is 13.0. The van der Waals surface area contributed by atoms with Gasteiger partial charge in [-0.15, -0.1) is 11.3 Å². The summed E-state index contributed by atoms with van der Waals surface area (Å²) in [7, 11) is 2.01. The second-order valence-electron chi connectivity index (χ2n) is 9.35. The Morgan fingerprint density at radius 1 is 1.17 bits per heavy atom. The van der Waals surface area contributed by atoms with Crippen LogP contribution in [0.25, 0.3) is 21.5 Å². The van der Waals surface area contributed by atoms with E-state index in [1.807, 2.05) is 25.4 Å². The van der Waals surface area contributed by atoms with Crippen molar-refractivity contribution < 1.29 is 4.79 Å². The molecule has 2 aliphatic rings. The van der Waals surface area contributed by atoms with E-state index in [4.69, 9.17) is 5.10 Å². The third-order valence-electron chi connectivity index (χ3n) is 6.79. The molecule has 35 heavy (non-hydrogen) atoms. The first-order chi connectivity index (χ1) is 17.2. The second-order valence-corrected chi connectivity index (χ2v) is 10.2. The number of anilines is 2. The lowest BCUT2D eigenvalue weighted by atomic mass is 9.96. The maximum absolute atomic E-state index is 13.3. The van der Waals surface area contributed by atoms with E-state index in [-0.39, 0.29) is 5.91 Å². The van der Waals surface area contributed by atoms with Gasteiger partial charge in [0.05, 0.1) is 41.5 Å². The van der Waals surface area contributed by atoms with Gasteiger partial charge in [0.1, 0.15) is 10.7 Å². The number of carbonyl (C=O) groups is 1. The number of hydrogen-bond donors (Lipinski definition) is 2. The summed E-state index contributed by atoms with van der Waals surface area (Å²) >= 11 is 1.43. The predicted octanol–water partition coefficient (Wildman–Crippen LogP) is 3.97. The van der Waals surface area contributed by atoms with Crippen molar-refractivity contribution in [2.45, 2.75) is 31.7 Å². The number of aromatic nitrogens is 5. The summed E-state index contributed by atoms with van der Waals surface area (Å²) in [6, 6.07) is 6.45. The van der Waals surface area contributed by atoms with Crippen molar-refractivity contribution in [3.8, 4) is 10.6 Å². The molecule has 4 heterocycles. The molecular formula is C25H28N8OS. The number of amides is 1. The summed E-state index contributed by atoms with van der Waals surface area (Å²) in [5.41, 5.74) is 4.26. The van der Waals surface area contributed by atoms with Crippen LogP contribution >= 0.6 is 11.3 Å². The van der Waals surface area contributed by atoms with Crippen LogP contribution in [0.15, 0.2) is 42.2 Å². The maximum Gasteiger partial charge on any atom is 0.275 e. The Labute approximate surface area is 207 Å². The number of nitrogens with zero attached hydrogens (tertiary/aromatic N) is 6. The molecule has 1 saturated carbocycles. The molecular weight excluding hydrogens is 460 g/mol. The normalized spacial score (nSPS) is 18.2. The van der Waals surface area contributed by atoms with Crippen LogP contribution in [0.3, 0.4) is 0 Å². The molecule has 1 aliphatic carbocycles. The Morgan fingerprint density at radius 3 is 2.89 bits per heavy atom. The van der Waals surface area contributed by atoms with Crippen LogP contribution in [0.5, 0.6) is 0 Å². The zero-order valence-electron chi connectivity index (χ0n) is 19.6. The third-order valence-corrected chi connectivity index (χ3v) is 7.68. The molecule has 4 aromatic rings. The molecule has 1 aromatic carbocycles. The molecule has 1 atom stereocenters. The monoisotopic (exact) mass is 488 g/mol. The quantitative estimate of drug-likeness (QED) is 0.406. The standard InChI is InChI=1S/C25H28N8OS/c1-26-11-16-3-2-10-32(14-16)23-19-13-29-33(18-4-5-18)22(19)7-6-20(23)30-24(34)21-15-35-25(31-21)17-8-9-27-28-12-17/h6-9,12-13,15-16,18,26H,2-5,10-11,14H2,1H3,(H,30,34)/t16-/m0/s1. The predicted molar refractivity (Wildman–Crippen MR) is 138 cm³/mol. The lowest BCUT2D eigenvalue weighted by molar-refractivity contribution is 0.102. The summed E-state index contributed by atoms with van der Waals surface area (Å²) in [5.74, 6) is 0.356. The third kappa shape index (κ3) is 4.39. The molecule has 0 spiro atoms. The van der Waals surface area contributed by atoms with Crippen LogP contribution in [0.2, 0.25) is 0 Å². The van der Waals surface area contributed by atoms with Crippen LogP contribution in [0.4, 0.5) is 11.4 Å². The van der Waals surface area contributed by atoms with Crippen molar-refractivity contribution in [2.75, 3.05) is 36.9 Å². The van der Waals surface area contributed by atoms with Crippen molar-refractivity contribution in [1.29, 1.82) is 0 Å². The molecule has 9 nitrogen and oxygen atoms in total. The van der Waals surface area contributed by atoms with Gasteiger partial charge in [-0.05, 0) is 63.4 Å². The second kappa shape index (κ2) is 9.35. The van der Waals surface area contributed by atoms with Crippen molar-refractivity contribution in [1.82, 2.24) is 30.3 Å². The molecule has 6 rings (SSSR count). The van der Waals surface area contributed by atoms with Gasteiger partial charge in [-0.3, -0.25) is 9.48 Å². The molecule has 3 aromatic heterocycles. The first-order valence-electron chi connectivity index (χ1n) is 12.1. The number of carbonyl (C=O) groups excluding carboxylic acids is 1. The average molecular weight is 489 g/mol. The fourth-order valence-corrected chi connectivity index (χ4v) is 5.79. The number of fused-ring (bicyclic) bond motifs is 1. The Hall–Kier alpha value is -3.37. The molecule has 1 saturated heterocycles. The topological polar surface area (TPSA) is 101 Å². The largest absolute Gasteiger partial charge is 0.369 e. The minimum absolute atomic E-state index is 0.214. The van der Waals surface area contributed by atoms with Crippen molar-refractivity contribution in [3.63, 3.8) is 0 Å². The number of piperidine rings is 1.